The van der Waals surface area contributed by atoms with Gasteiger partial charge in [-0.15, -0.1) is 0 Å². The minimum atomic E-state index is -0.118. The Morgan fingerprint density at radius 1 is 1.35 bits per heavy atom. The first kappa shape index (κ1) is 15.5. The predicted molar refractivity (Wildman–Crippen MR) is 81.8 cm³/mol. The van der Waals surface area contributed by atoms with Gasteiger partial charge in [-0.3, -0.25) is 0 Å². The fourth-order valence-electron chi connectivity index (χ4n) is 3.34. The molecule has 1 aromatic rings. The molecule has 0 aliphatic heterocycles. The van der Waals surface area contributed by atoms with Crippen LogP contribution in [0.5, 0.6) is 0 Å². The van der Waals surface area contributed by atoms with Gasteiger partial charge in [0, 0.05) is 24.7 Å². The van der Waals surface area contributed by atoms with E-state index in [1.807, 2.05) is 12.1 Å². The van der Waals surface area contributed by atoms with E-state index in [2.05, 4.69) is 25.8 Å². The third kappa shape index (κ3) is 4.03. The van der Waals surface area contributed by atoms with Crippen LogP contribution in [0.4, 0.5) is 4.39 Å². The predicted octanol–water partition coefficient (Wildman–Crippen LogP) is 3.41. The maximum absolute atomic E-state index is 13.7. The molecule has 1 aromatic carbocycles. The summed E-state index contributed by atoms with van der Waals surface area (Å²) in [4.78, 5) is 2.20. The Morgan fingerprint density at radius 2 is 2.05 bits per heavy atom. The first-order valence-corrected chi connectivity index (χ1v) is 7.55. The number of rotatable bonds is 4. The standard InChI is InChI=1S/C17H27FN2/c1-17(2)9-8-16(19)14(10-17)12-20(3)11-13-6-4-5-7-15(13)18/h4-7,14,16H,8-12,19H2,1-3H3. The number of hydrogen-bond donors (Lipinski definition) is 1. The lowest BCUT2D eigenvalue weighted by molar-refractivity contribution is 0.122. The Labute approximate surface area is 122 Å². The van der Waals surface area contributed by atoms with Crippen LogP contribution in [0.1, 0.15) is 38.7 Å². The van der Waals surface area contributed by atoms with Crippen LogP contribution in [0.15, 0.2) is 24.3 Å². The molecule has 2 N–H and O–H groups in total. The molecule has 0 heterocycles. The van der Waals surface area contributed by atoms with E-state index in [1.165, 1.54) is 12.5 Å². The van der Waals surface area contributed by atoms with Crippen molar-refractivity contribution in [3.63, 3.8) is 0 Å². The summed E-state index contributed by atoms with van der Waals surface area (Å²) in [6.45, 7) is 6.24. The Bertz CT molecular complexity index is 444. The van der Waals surface area contributed by atoms with Crippen molar-refractivity contribution in [2.24, 2.45) is 17.1 Å². The highest BCUT2D eigenvalue weighted by atomic mass is 19.1. The van der Waals surface area contributed by atoms with Gasteiger partial charge in [0.25, 0.3) is 0 Å². The van der Waals surface area contributed by atoms with E-state index >= 15 is 0 Å². The van der Waals surface area contributed by atoms with E-state index in [9.17, 15) is 4.39 Å². The van der Waals surface area contributed by atoms with Crippen LogP contribution in [0.2, 0.25) is 0 Å². The summed E-state index contributed by atoms with van der Waals surface area (Å²) in [5.74, 6) is 0.392. The van der Waals surface area contributed by atoms with E-state index in [0.717, 1.165) is 24.9 Å². The third-order valence-corrected chi connectivity index (χ3v) is 4.52. The zero-order valence-electron chi connectivity index (χ0n) is 12.9. The summed E-state index contributed by atoms with van der Waals surface area (Å²) in [7, 11) is 2.06. The van der Waals surface area contributed by atoms with Crippen LogP contribution >= 0.6 is 0 Å². The Balaban J connectivity index is 1.94. The molecule has 2 nitrogen and oxygen atoms in total. The topological polar surface area (TPSA) is 29.3 Å². The molecule has 112 valence electrons. The van der Waals surface area contributed by atoms with Crippen LogP contribution in [0.25, 0.3) is 0 Å². The molecule has 1 aliphatic rings. The van der Waals surface area contributed by atoms with Crippen LogP contribution in [0.3, 0.4) is 0 Å². The highest BCUT2D eigenvalue weighted by Gasteiger charge is 2.33. The molecule has 2 atom stereocenters. The average molecular weight is 278 g/mol. The lowest BCUT2D eigenvalue weighted by Gasteiger charge is -2.40. The lowest BCUT2D eigenvalue weighted by atomic mass is 9.70. The van der Waals surface area contributed by atoms with Gasteiger partial charge in [-0.25, -0.2) is 4.39 Å². The normalized spacial score (nSPS) is 25.9. The third-order valence-electron chi connectivity index (χ3n) is 4.52. The second kappa shape index (κ2) is 6.23. The Kier molecular flexibility index (Phi) is 4.82. The van der Waals surface area contributed by atoms with Crippen molar-refractivity contribution in [1.82, 2.24) is 4.90 Å². The number of halogens is 1. The molecular formula is C17H27FN2. The summed E-state index contributed by atoms with van der Waals surface area (Å²) in [6.07, 6.45) is 3.47. The molecule has 0 saturated heterocycles. The van der Waals surface area contributed by atoms with Crippen LogP contribution in [-0.4, -0.2) is 24.5 Å². The number of nitrogens with zero attached hydrogens (tertiary/aromatic N) is 1. The van der Waals surface area contributed by atoms with Crippen LogP contribution < -0.4 is 5.73 Å². The number of hydrogen-bond acceptors (Lipinski definition) is 2. The molecule has 20 heavy (non-hydrogen) atoms. The molecule has 2 rings (SSSR count). The summed E-state index contributed by atoms with van der Waals surface area (Å²) >= 11 is 0. The monoisotopic (exact) mass is 278 g/mol. The molecular weight excluding hydrogens is 251 g/mol. The minimum Gasteiger partial charge on any atom is -0.327 e. The van der Waals surface area contributed by atoms with Gasteiger partial charge in [-0.2, -0.15) is 0 Å². The molecule has 0 amide bonds. The van der Waals surface area contributed by atoms with E-state index < -0.39 is 0 Å². The van der Waals surface area contributed by atoms with E-state index in [-0.39, 0.29) is 11.9 Å². The molecule has 1 saturated carbocycles. The maximum Gasteiger partial charge on any atom is 0.127 e. The number of benzene rings is 1. The molecule has 1 aliphatic carbocycles. The molecule has 0 bridgehead atoms. The number of nitrogens with two attached hydrogens (primary N) is 1. The molecule has 0 spiro atoms. The molecule has 0 aromatic heterocycles. The SMILES string of the molecule is CN(Cc1ccccc1F)CC1CC(C)(C)CCC1N. The zero-order chi connectivity index (χ0) is 14.8. The lowest BCUT2D eigenvalue weighted by Crippen LogP contribution is -2.44. The second-order valence-electron chi connectivity index (χ2n) is 7.12. The van der Waals surface area contributed by atoms with Crippen molar-refractivity contribution in [2.75, 3.05) is 13.6 Å². The largest absolute Gasteiger partial charge is 0.327 e. The first-order chi connectivity index (χ1) is 9.37. The van der Waals surface area contributed by atoms with Crippen molar-refractivity contribution in [2.45, 2.75) is 45.7 Å². The van der Waals surface area contributed by atoms with E-state index in [0.29, 0.717) is 17.9 Å². The van der Waals surface area contributed by atoms with Gasteiger partial charge < -0.3 is 10.6 Å². The van der Waals surface area contributed by atoms with Gasteiger partial charge in [-0.05, 0) is 43.7 Å². The van der Waals surface area contributed by atoms with Gasteiger partial charge in [-0.1, -0.05) is 32.0 Å². The summed E-state index contributed by atoms with van der Waals surface area (Å²) in [5.41, 5.74) is 7.42. The van der Waals surface area contributed by atoms with E-state index in [1.54, 1.807) is 6.07 Å². The molecule has 0 radical (unpaired) electrons. The van der Waals surface area contributed by atoms with Crippen LogP contribution in [0, 0.1) is 17.2 Å². The van der Waals surface area contributed by atoms with Crippen LogP contribution in [-0.2, 0) is 6.54 Å². The minimum absolute atomic E-state index is 0.118. The summed E-state index contributed by atoms with van der Waals surface area (Å²) in [5, 5.41) is 0. The fourth-order valence-corrected chi connectivity index (χ4v) is 3.34. The summed E-state index contributed by atoms with van der Waals surface area (Å²) in [6, 6.07) is 7.29. The van der Waals surface area contributed by atoms with Crippen molar-refractivity contribution < 1.29 is 4.39 Å². The molecule has 3 heteroatoms. The van der Waals surface area contributed by atoms with Gasteiger partial charge in [0.15, 0.2) is 0 Å². The smallest absolute Gasteiger partial charge is 0.127 e. The molecule has 1 fully saturated rings. The van der Waals surface area contributed by atoms with Crippen molar-refractivity contribution in [3.8, 4) is 0 Å². The van der Waals surface area contributed by atoms with Crippen molar-refractivity contribution in [1.29, 1.82) is 0 Å². The maximum atomic E-state index is 13.7. The average Bonchev–Trinajstić information content (AvgIpc) is 2.36. The van der Waals surface area contributed by atoms with Crippen molar-refractivity contribution in [3.05, 3.63) is 35.6 Å². The van der Waals surface area contributed by atoms with E-state index in [4.69, 9.17) is 5.73 Å². The Hall–Kier alpha value is -0.930. The summed E-state index contributed by atoms with van der Waals surface area (Å²) < 4.78 is 13.7. The van der Waals surface area contributed by atoms with Gasteiger partial charge in [0.05, 0.1) is 0 Å². The van der Waals surface area contributed by atoms with Gasteiger partial charge >= 0.3 is 0 Å². The quantitative estimate of drug-likeness (QED) is 0.914. The Morgan fingerprint density at radius 3 is 2.75 bits per heavy atom. The first-order valence-electron chi connectivity index (χ1n) is 7.55. The second-order valence-corrected chi connectivity index (χ2v) is 7.12. The zero-order valence-corrected chi connectivity index (χ0v) is 12.9. The fraction of sp³-hybridized carbons (Fsp3) is 0.647. The molecule has 2 unspecified atom stereocenters. The van der Waals surface area contributed by atoms with Crippen molar-refractivity contribution >= 4 is 0 Å². The highest BCUT2D eigenvalue weighted by molar-refractivity contribution is 5.17. The van der Waals surface area contributed by atoms with Gasteiger partial charge in [0.1, 0.15) is 5.82 Å². The van der Waals surface area contributed by atoms with Gasteiger partial charge in [0.2, 0.25) is 0 Å². The highest BCUT2D eigenvalue weighted by Crippen LogP contribution is 2.38.